The molecule has 1 aromatic rings. The summed E-state index contributed by atoms with van der Waals surface area (Å²) >= 11 is 0. The molecule has 2 rings (SSSR count). The predicted octanol–water partition coefficient (Wildman–Crippen LogP) is 0.812. The maximum absolute atomic E-state index is 11.8. The standard InChI is InChI=1S/C11H11N3O4/c15-10-6-5-8(12-10)11(16)13-7-3-1-2-4-9(7)14(17)18/h1-4,8H,5-6H2,(H,12,15)(H,13,16). The van der Waals surface area contributed by atoms with E-state index in [0.29, 0.717) is 12.8 Å². The van der Waals surface area contributed by atoms with Crippen molar-refractivity contribution in [3.63, 3.8) is 0 Å². The fraction of sp³-hybridized carbons (Fsp3) is 0.273. The Labute approximate surface area is 102 Å². The molecule has 18 heavy (non-hydrogen) atoms. The van der Waals surface area contributed by atoms with Crippen LogP contribution >= 0.6 is 0 Å². The molecule has 1 atom stereocenters. The van der Waals surface area contributed by atoms with Gasteiger partial charge in [0.05, 0.1) is 4.92 Å². The highest BCUT2D eigenvalue weighted by Gasteiger charge is 2.28. The molecule has 1 aromatic carbocycles. The molecular weight excluding hydrogens is 238 g/mol. The normalized spacial score (nSPS) is 18.2. The van der Waals surface area contributed by atoms with Crippen LogP contribution < -0.4 is 10.6 Å². The summed E-state index contributed by atoms with van der Waals surface area (Å²) in [7, 11) is 0. The predicted molar refractivity (Wildman–Crippen MR) is 62.9 cm³/mol. The minimum atomic E-state index is -0.614. The lowest BCUT2D eigenvalue weighted by Gasteiger charge is -2.10. The molecule has 1 unspecified atom stereocenters. The molecule has 1 fully saturated rings. The van der Waals surface area contributed by atoms with E-state index < -0.39 is 16.9 Å². The molecule has 7 heteroatoms. The van der Waals surface area contributed by atoms with Gasteiger partial charge in [-0.05, 0) is 12.5 Å². The Morgan fingerprint density at radius 1 is 1.44 bits per heavy atom. The SMILES string of the molecule is O=C1CCC(C(=O)Nc2ccccc2[N+](=O)[O-])N1. The Bertz CT molecular complexity index is 515. The van der Waals surface area contributed by atoms with Crippen molar-refractivity contribution >= 4 is 23.2 Å². The quantitative estimate of drug-likeness (QED) is 0.611. The van der Waals surface area contributed by atoms with Crippen LogP contribution in [0.5, 0.6) is 0 Å². The lowest BCUT2D eigenvalue weighted by Crippen LogP contribution is -2.37. The summed E-state index contributed by atoms with van der Waals surface area (Å²) < 4.78 is 0. The van der Waals surface area contributed by atoms with Crippen molar-refractivity contribution in [2.45, 2.75) is 18.9 Å². The van der Waals surface area contributed by atoms with E-state index in [4.69, 9.17) is 0 Å². The molecule has 7 nitrogen and oxygen atoms in total. The molecule has 0 spiro atoms. The summed E-state index contributed by atoms with van der Waals surface area (Å²) in [5, 5.41) is 15.7. The van der Waals surface area contributed by atoms with Crippen molar-refractivity contribution in [2.24, 2.45) is 0 Å². The number of anilines is 1. The number of benzene rings is 1. The number of amides is 2. The van der Waals surface area contributed by atoms with Crippen LogP contribution in [0.15, 0.2) is 24.3 Å². The van der Waals surface area contributed by atoms with Gasteiger partial charge in [-0.2, -0.15) is 0 Å². The Kier molecular flexibility index (Phi) is 3.22. The van der Waals surface area contributed by atoms with E-state index in [1.807, 2.05) is 0 Å². The number of para-hydroxylation sites is 2. The lowest BCUT2D eigenvalue weighted by molar-refractivity contribution is -0.383. The van der Waals surface area contributed by atoms with Gasteiger partial charge >= 0.3 is 0 Å². The van der Waals surface area contributed by atoms with Crippen molar-refractivity contribution in [3.8, 4) is 0 Å². The van der Waals surface area contributed by atoms with E-state index in [9.17, 15) is 19.7 Å². The largest absolute Gasteiger partial charge is 0.344 e. The summed E-state index contributed by atoms with van der Waals surface area (Å²) in [6.45, 7) is 0. The minimum Gasteiger partial charge on any atom is -0.344 e. The first kappa shape index (κ1) is 12.0. The van der Waals surface area contributed by atoms with Crippen molar-refractivity contribution in [2.75, 3.05) is 5.32 Å². The van der Waals surface area contributed by atoms with Gasteiger partial charge in [-0.3, -0.25) is 19.7 Å². The molecule has 1 heterocycles. The zero-order chi connectivity index (χ0) is 13.1. The van der Waals surface area contributed by atoms with E-state index in [-0.39, 0.29) is 17.3 Å². The van der Waals surface area contributed by atoms with Crippen molar-refractivity contribution in [3.05, 3.63) is 34.4 Å². The van der Waals surface area contributed by atoms with Crippen LogP contribution in [-0.2, 0) is 9.59 Å². The molecular formula is C11H11N3O4. The average molecular weight is 249 g/mol. The highest BCUT2D eigenvalue weighted by atomic mass is 16.6. The molecule has 94 valence electrons. The average Bonchev–Trinajstić information content (AvgIpc) is 2.76. The molecule has 0 aromatic heterocycles. The first-order valence-electron chi connectivity index (χ1n) is 5.41. The first-order chi connectivity index (χ1) is 8.58. The van der Waals surface area contributed by atoms with E-state index in [1.54, 1.807) is 6.07 Å². The van der Waals surface area contributed by atoms with Crippen LogP contribution in [0, 0.1) is 10.1 Å². The Morgan fingerprint density at radius 3 is 2.78 bits per heavy atom. The Hall–Kier alpha value is -2.44. The van der Waals surface area contributed by atoms with Crippen molar-refractivity contribution in [1.29, 1.82) is 0 Å². The zero-order valence-corrected chi connectivity index (χ0v) is 9.38. The second-order valence-electron chi connectivity index (χ2n) is 3.92. The van der Waals surface area contributed by atoms with E-state index >= 15 is 0 Å². The molecule has 1 aliphatic heterocycles. The van der Waals surface area contributed by atoms with Crippen LogP contribution in [0.3, 0.4) is 0 Å². The minimum absolute atomic E-state index is 0.133. The number of nitrogens with zero attached hydrogens (tertiary/aromatic N) is 1. The third-order valence-electron chi connectivity index (χ3n) is 2.67. The molecule has 1 aliphatic rings. The van der Waals surface area contributed by atoms with Crippen LogP contribution in [-0.4, -0.2) is 22.8 Å². The maximum atomic E-state index is 11.8. The molecule has 1 saturated heterocycles. The number of hydrogen-bond donors (Lipinski definition) is 2. The number of carbonyl (C=O) groups is 2. The Balaban J connectivity index is 2.12. The third-order valence-corrected chi connectivity index (χ3v) is 2.67. The van der Waals surface area contributed by atoms with Gasteiger partial charge < -0.3 is 10.6 Å². The van der Waals surface area contributed by atoms with Gasteiger partial charge in [-0.25, -0.2) is 0 Å². The van der Waals surface area contributed by atoms with Crippen molar-refractivity contribution < 1.29 is 14.5 Å². The highest BCUT2D eigenvalue weighted by Crippen LogP contribution is 2.23. The number of nitrogens with one attached hydrogen (secondary N) is 2. The van der Waals surface area contributed by atoms with Gasteiger partial charge in [0.15, 0.2) is 0 Å². The van der Waals surface area contributed by atoms with Crippen LogP contribution in [0.4, 0.5) is 11.4 Å². The number of nitro groups is 1. The highest BCUT2D eigenvalue weighted by molar-refractivity contribution is 6.00. The molecule has 0 bridgehead atoms. The van der Waals surface area contributed by atoms with Crippen LogP contribution in [0.2, 0.25) is 0 Å². The monoisotopic (exact) mass is 249 g/mol. The summed E-state index contributed by atoms with van der Waals surface area (Å²) in [5.41, 5.74) is -0.0381. The van der Waals surface area contributed by atoms with Gasteiger partial charge in [0.1, 0.15) is 11.7 Å². The molecule has 2 amide bonds. The molecule has 0 radical (unpaired) electrons. The lowest BCUT2D eigenvalue weighted by atomic mass is 10.2. The molecule has 0 saturated carbocycles. The summed E-state index contributed by atoms with van der Waals surface area (Å²) in [4.78, 5) is 33.0. The number of nitro benzene ring substituents is 1. The van der Waals surface area contributed by atoms with Gasteiger partial charge in [-0.1, -0.05) is 12.1 Å². The summed E-state index contributed by atoms with van der Waals surface area (Å²) in [6.07, 6.45) is 0.709. The summed E-state index contributed by atoms with van der Waals surface area (Å²) in [6, 6.07) is 5.26. The first-order valence-corrected chi connectivity index (χ1v) is 5.41. The van der Waals surface area contributed by atoms with Crippen molar-refractivity contribution in [1.82, 2.24) is 5.32 Å². The number of hydrogen-bond acceptors (Lipinski definition) is 4. The Morgan fingerprint density at radius 2 is 2.17 bits per heavy atom. The summed E-state index contributed by atoms with van der Waals surface area (Å²) in [5.74, 6) is -0.618. The third kappa shape index (κ3) is 2.45. The zero-order valence-electron chi connectivity index (χ0n) is 9.38. The molecule has 2 N–H and O–H groups in total. The second kappa shape index (κ2) is 4.82. The van der Waals surface area contributed by atoms with E-state index in [2.05, 4.69) is 10.6 Å². The molecule has 0 aliphatic carbocycles. The maximum Gasteiger partial charge on any atom is 0.292 e. The van der Waals surface area contributed by atoms with Crippen LogP contribution in [0.1, 0.15) is 12.8 Å². The second-order valence-corrected chi connectivity index (χ2v) is 3.92. The van der Waals surface area contributed by atoms with E-state index in [0.717, 1.165) is 0 Å². The van der Waals surface area contributed by atoms with Gasteiger partial charge in [0.2, 0.25) is 11.8 Å². The van der Waals surface area contributed by atoms with Gasteiger partial charge in [-0.15, -0.1) is 0 Å². The fourth-order valence-electron chi connectivity index (χ4n) is 1.77. The van der Waals surface area contributed by atoms with Gasteiger partial charge in [0, 0.05) is 12.5 Å². The van der Waals surface area contributed by atoms with Crippen LogP contribution in [0.25, 0.3) is 0 Å². The smallest absolute Gasteiger partial charge is 0.292 e. The van der Waals surface area contributed by atoms with Gasteiger partial charge in [0.25, 0.3) is 5.69 Å². The number of rotatable bonds is 3. The number of carbonyl (C=O) groups excluding carboxylic acids is 2. The topological polar surface area (TPSA) is 101 Å². The van der Waals surface area contributed by atoms with E-state index in [1.165, 1.54) is 18.2 Å². The fourth-order valence-corrected chi connectivity index (χ4v) is 1.77.